The number of aliphatic hydroxyl groups excluding tert-OH is 2. The second-order valence-electron chi connectivity index (χ2n) is 7.02. The Morgan fingerprint density at radius 2 is 1.97 bits per heavy atom. The van der Waals surface area contributed by atoms with Crippen LogP contribution in [0.1, 0.15) is 21.5 Å². The van der Waals surface area contributed by atoms with E-state index in [1.807, 2.05) is 0 Å². The molecule has 1 aliphatic rings. The second-order valence-corrected chi connectivity index (χ2v) is 7.02. The zero-order valence-electron chi connectivity index (χ0n) is 16.3. The Kier molecular flexibility index (Phi) is 5.83. The molecular weight excluding hydrogens is 408 g/mol. The average Bonchev–Trinajstić information content (AvgIpc) is 2.91. The van der Waals surface area contributed by atoms with E-state index in [-0.39, 0.29) is 30.4 Å². The van der Waals surface area contributed by atoms with Crippen LogP contribution in [0.25, 0.3) is 0 Å². The van der Waals surface area contributed by atoms with Crippen molar-refractivity contribution in [3.05, 3.63) is 82.9 Å². The Balaban J connectivity index is 1.63. The van der Waals surface area contributed by atoms with Crippen LogP contribution in [0.4, 0.5) is 20.2 Å². The van der Waals surface area contributed by atoms with E-state index >= 15 is 0 Å². The number of anilines is 2. The number of ketones is 1. The monoisotopic (exact) mass is 427 g/mol. The fourth-order valence-electron chi connectivity index (χ4n) is 3.26. The van der Waals surface area contributed by atoms with Gasteiger partial charge in [0, 0.05) is 23.4 Å². The third-order valence-corrected chi connectivity index (χ3v) is 4.80. The highest BCUT2D eigenvalue weighted by Crippen LogP contribution is 2.35. The molecule has 0 bridgehead atoms. The summed E-state index contributed by atoms with van der Waals surface area (Å²) in [7, 11) is 0. The minimum Gasteiger partial charge on any atom is -0.490 e. The van der Waals surface area contributed by atoms with E-state index in [4.69, 9.17) is 14.6 Å². The number of halogens is 2. The molecule has 1 atom stereocenters. The van der Waals surface area contributed by atoms with Gasteiger partial charge in [-0.1, -0.05) is 12.1 Å². The standard InChI is InChI=1S/C23H19F2NO5/c24-14-4-7-19(18(25)8-14)26-15-5-6-17-21(9-15)30-11-13-2-1-3-20(22(13)23(17)29)31-12-16(28)10-27/h1-9,16,26-28H,10-12H2/t16-/m1/s1. The lowest BCUT2D eigenvalue weighted by Gasteiger charge is -2.14. The minimum absolute atomic E-state index is 0.0858. The number of hydrogen-bond donors (Lipinski definition) is 3. The van der Waals surface area contributed by atoms with E-state index in [2.05, 4.69) is 5.32 Å². The Morgan fingerprint density at radius 1 is 1.13 bits per heavy atom. The van der Waals surface area contributed by atoms with Crippen molar-refractivity contribution in [1.29, 1.82) is 0 Å². The van der Waals surface area contributed by atoms with Gasteiger partial charge < -0.3 is 25.0 Å². The number of benzene rings is 3. The molecular formula is C23H19F2NO5. The molecule has 160 valence electrons. The highest BCUT2D eigenvalue weighted by atomic mass is 19.1. The number of carbonyl (C=O) groups excluding carboxylic acids is 1. The van der Waals surface area contributed by atoms with Gasteiger partial charge in [0.15, 0.2) is 0 Å². The zero-order valence-corrected chi connectivity index (χ0v) is 16.3. The summed E-state index contributed by atoms with van der Waals surface area (Å²) in [4.78, 5) is 13.2. The number of ether oxygens (including phenoxy) is 2. The first-order valence-electron chi connectivity index (χ1n) is 9.53. The molecule has 3 aromatic rings. The number of fused-ring (bicyclic) bond motifs is 2. The SMILES string of the molecule is O=C1c2ccc(Nc3ccc(F)cc3F)cc2OCc2cccc(OC[C@H](O)CO)c21. The van der Waals surface area contributed by atoms with Gasteiger partial charge in [-0.15, -0.1) is 0 Å². The lowest BCUT2D eigenvalue weighted by molar-refractivity contribution is 0.0531. The highest BCUT2D eigenvalue weighted by Gasteiger charge is 2.26. The third kappa shape index (κ3) is 4.35. The average molecular weight is 427 g/mol. The maximum absolute atomic E-state index is 13.9. The fourth-order valence-corrected chi connectivity index (χ4v) is 3.26. The topological polar surface area (TPSA) is 88.0 Å². The Hall–Kier alpha value is -3.49. The minimum atomic E-state index is -1.07. The van der Waals surface area contributed by atoms with Crippen molar-refractivity contribution in [3.63, 3.8) is 0 Å². The van der Waals surface area contributed by atoms with E-state index in [1.54, 1.807) is 36.4 Å². The van der Waals surface area contributed by atoms with Crippen molar-refractivity contribution in [3.8, 4) is 11.5 Å². The first-order chi connectivity index (χ1) is 15.0. The van der Waals surface area contributed by atoms with Crippen LogP contribution in [0.5, 0.6) is 11.5 Å². The van der Waals surface area contributed by atoms with Crippen LogP contribution in [0.3, 0.4) is 0 Å². The molecule has 0 aliphatic carbocycles. The van der Waals surface area contributed by atoms with Gasteiger partial charge in [0.25, 0.3) is 0 Å². The number of nitrogens with one attached hydrogen (secondary N) is 1. The molecule has 0 radical (unpaired) electrons. The van der Waals surface area contributed by atoms with Gasteiger partial charge in [-0.25, -0.2) is 8.78 Å². The molecule has 0 fully saturated rings. The van der Waals surface area contributed by atoms with Crippen molar-refractivity contribution in [1.82, 2.24) is 0 Å². The van der Waals surface area contributed by atoms with Crippen LogP contribution in [-0.4, -0.2) is 35.3 Å². The fraction of sp³-hybridized carbons (Fsp3) is 0.174. The summed E-state index contributed by atoms with van der Waals surface area (Å²) >= 11 is 0. The Labute approximate surface area is 176 Å². The van der Waals surface area contributed by atoms with Gasteiger partial charge in [0.05, 0.1) is 23.4 Å². The van der Waals surface area contributed by atoms with Crippen LogP contribution in [0, 0.1) is 11.6 Å². The smallest absolute Gasteiger partial charge is 0.200 e. The molecule has 0 saturated carbocycles. The van der Waals surface area contributed by atoms with Crippen molar-refractivity contribution in [2.24, 2.45) is 0 Å². The van der Waals surface area contributed by atoms with Crippen LogP contribution >= 0.6 is 0 Å². The Bertz CT molecular complexity index is 1130. The van der Waals surface area contributed by atoms with E-state index in [1.165, 1.54) is 6.07 Å². The van der Waals surface area contributed by atoms with Crippen LogP contribution in [0.2, 0.25) is 0 Å². The summed E-state index contributed by atoms with van der Waals surface area (Å²) in [5.74, 6) is -1.17. The second kappa shape index (κ2) is 8.71. The predicted octanol–water partition coefficient (Wildman–Crippen LogP) is 3.56. The van der Waals surface area contributed by atoms with E-state index < -0.39 is 24.3 Å². The van der Waals surface area contributed by atoms with Crippen LogP contribution in [-0.2, 0) is 6.61 Å². The lowest BCUT2D eigenvalue weighted by atomic mass is 9.98. The van der Waals surface area contributed by atoms with Crippen molar-refractivity contribution >= 4 is 17.2 Å². The summed E-state index contributed by atoms with van der Waals surface area (Å²) in [5.41, 5.74) is 1.77. The number of carbonyl (C=O) groups is 1. The first kappa shape index (κ1) is 20.8. The predicted molar refractivity (Wildman–Crippen MR) is 109 cm³/mol. The Morgan fingerprint density at radius 3 is 2.74 bits per heavy atom. The molecule has 3 N–H and O–H groups in total. The molecule has 4 rings (SSSR count). The third-order valence-electron chi connectivity index (χ3n) is 4.80. The van der Waals surface area contributed by atoms with Gasteiger partial charge in [0.1, 0.15) is 42.5 Å². The van der Waals surface area contributed by atoms with Crippen molar-refractivity contribution in [2.75, 3.05) is 18.5 Å². The highest BCUT2D eigenvalue weighted by molar-refractivity contribution is 6.13. The van der Waals surface area contributed by atoms with E-state index in [0.29, 0.717) is 28.1 Å². The number of rotatable bonds is 6. The number of hydrogen-bond acceptors (Lipinski definition) is 6. The molecule has 3 aromatic carbocycles. The van der Waals surface area contributed by atoms with Gasteiger partial charge >= 0.3 is 0 Å². The van der Waals surface area contributed by atoms with E-state index in [9.17, 15) is 18.7 Å². The van der Waals surface area contributed by atoms with Crippen molar-refractivity contribution in [2.45, 2.75) is 12.7 Å². The molecule has 31 heavy (non-hydrogen) atoms. The van der Waals surface area contributed by atoms with E-state index in [0.717, 1.165) is 12.1 Å². The summed E-state index contributed by atoms with van der Waals surface area (Å²) in [6, 6.07) is 13.0. The zero-order chi connectivity index (χ0) is 22.0. The maximum atomic E-state index is 13.9. The van der Waals surface area contributed by atoms with Gasteiger partial charge in [-0.05, 0) is 30.3 Å². The molecule has 0 aromatic heterocycles. The molecule has 1 aliphatic heterocycles. The molecule has 0 spiro atoms. The molecule has 1 heterocycles. The molecule has 0 unspecified atom stereocenters. The van der Waals surface area contributed by atoms with Crippen LogP contribution < -0.4 is 14.8 Å². The first-order valence-corrected chi connectivity index (χ1v) is 9.53. The van der Waals surface area contributed by atoms with Gasteiger partial charge in [-0.3, -0.25) is 4.79 Å². The van der Waals surface area contributed by atoms with Gasteiger partial charge in [0.2, 0.25) is 5.78 Å². The largest absolute Gasteiger partial charge is 0.490 e. The summed E-state index contributed by atoms with van der Waals surface area (Å²) < 4.78 is 38.4. The summed E-state index contributed by atoms with van der Waals surface area (Å²) in [5, 5.41) is 21.4. The molecule has 6 nitrogen and oxygen atoms in total. The number of aliphatic hydroxyl groups is 2. The molecule has 8 heteroatoms. The van der Waals surface area contributed by atoms with Gasteiger partial charge in [-0.2, -0.15) is 0 Å². The summed E-state index contributed by atoms with van der Waals surface area (Å²) in [6.45, 7) is -0.526. The van der Waals surface area contributed by atoms with Crippen molar-refractivity contribution < 1.29 is 33.3 Å². The quantitative estimate of drug-likeness (QED) is 0.558. The lowest BCUT2D eigenvalue weighted by Crippen LogP contribution is -2.22. The summed E-state index contributed by atoms with van der Waals surface area (Å²) in [6.07, 6.45) is -1.07. The molecule has 0 saturated heterocycles. The normalized spacial score (nSPS) is 13.5. The maximum Gasteiger partial charge on any atom is 0.200 e. The molecule has 0 amide bonds. The van der Waals surface area contributed by atoms with Crippen LogP contribution in [0.15, 0.2) is 54.6 Å².